The summed E-state index contributed by atoms with van der Waals surface area (Å²) in [7, 11) is 0. The summed E-state index contributed by atoms with van der Waals surface area (Å²) in [6, 6.07) is 5.51. The summed E-state index contributed by atoms with van der Waals surface area (Å²) >= 11 is 0. The largest absolute Gasteiger partial charge is 0.326 e. The molecule has 0 saturated heterocycles. The molecule has 1 heterocycles. The van der Waals surface area contributed by atoms with E-state index in [4.69, 9.17) is 4.84 Å². The molecule has 0 bridgehead atoms. The summed E-state index contributed by atoms with van der Waals surface area (Å²) in [5, 5.41) is 0. The molecule has 0 aliphatic heterocycles. The molecule has 6 heteroatoms. The first-order valence-corrected chi connectivity index (χ1v) is 7.37. The zero-order valence-electron chi connectivity index (χ0n) is 12.0. The van der Waals surface area contributed by atoms with Crippen LogP contribution in [0.4, 0.5) is 0 Å². The number of nitrogens with one attached hydrogen (secondary N) is 2. The van der Waals surface area contributed by atoms with Crippen molar-refractivity contribution in [2.24, 2.45) is 0 Å². The molecule has 0 spiro atoms. The lowest BCUT2D eigenvalue weighted by Crippen LogP contribution is -2.23. The third kappa shape index (κ3) is 2.58. The molecule has 1 aliphatic rings. The quantitative estimate of drug-likeness (QED) is 0.847. The number of hydrogen-bond donors (Lipinski definition) is 2. The van der Waals surface area contributed by atoms with E-state index in [1.54, 1.807) is 19.1 Å². The van der Waals surface area contributed by atoms with Crippen LogP contribution in [-0.4, -0.2) is 22.1 Å². The van der Waals surface area contributed by atoms with Gasteiger partial charge in [0, 0.05) is 11.6 Å². The Kier molecular flexibility index (Phi) is 3.79. The minimum atomic E-state index is -0.312. The van der Waals surface area contributed by atoms with Crippen LogP contribution in [0, 0.1) is 0 Å². The molecule has 0 radical (unpaired) electrons. The smallest absolute Gasteiger partial charge is 0.306 e. The van der Waals surface area contributed by atoms with Gasteiger partial charge in [-0.15, -0.1) is 0 Å². The minimum absolute atomic E-state index is 0.0979. The predicted molar refractivity (Wildman–Crippen MR) is 79.2 cm³/mol. The maximum Gasteiger partial charge on any atom is 0.326 e. The lowest BCUT2D eigenvalue weighted by molar-refractivity contribution is 0.0364. The summed E-state index contributed by atoms with van der Waals surface area (Å²) < 4.78 is 1.83. The number of amides is 1. The normalized spacial score (nSPS) is 15.7. The highest BCUT2D eigenvalue weighted by Crippen LogP contribution is 2.30. The molecule has 2 N–H and O–H groups in total. The first kappa shape index (κ1) is 13.9. The zero-order valence-corrected chi connectivity index (χ0v) is 12.0. The van der Waals surface area contributed by atoms with Crippen LogP contribution in [0.3, 0.4) is 0 Å². The molecule has 1 aromatic carbocycles. The van der Waals surface area contributed by atoms with Gasteiger partial charge < -0.3 is 4.98 Å². The number of fused-ring (bicyclic) bond motifs is 1. The van der Waals surface area contributed by atoms with Gasteiger partial charge in [-0.1, -0.05) is 12.8 Å². The Labute approximate surface area is 122 Å². The van der Waals surface area contributed by atoms with Crippen LogP contribution in [0.2, 0.25) is 0 Å². The standard InChI is InChI=1S/C15H19N3O3/c1-2-21-17-14(19)10-7-8-13-12(9-10)16-15(20)18(13)11-5-3-4-6-11/h7-9,11H,2-6H2,1H3,(H,16,20)(H,17,19). The Morgan fingerprint density at radius 1 is 1.43 bits per heavy atom. The third-order valence-corrected chi connectivity index (χ3v) is 3.98. The van der Waals surface area contributed by atoms with E-state index in [0.29, 0.717) is 17.7 Å². The van der Waals surface area contributed by atoms with Crippen LogP contribution < -0.4 is 11.2 Å². The van der Waals surface area contributed by atoms with E-state index in [2.05, 4.69) is 10.5 Å². The number of hydrogen-bond acceptors (Lipinski definition) is 3. The average Bonchev–Trinajstić information content (AvgIpc) is 3.09. The van der Waals surface area contributed by atoms with Crippen LogP contribution in [0.15, 0.2) is 23.0 Å². The summed E-state index contributed by atoms with van der Waals surface area (Å²) in [6.45, 7) is 2.20. The van der Waals surface area contributed by atoms with E-state index in [1.807, 2.05) is 10.6 Å². The van der Waals surface area contributed by atoms with Gasteiger partial charge in [-0.25, -0.2) is 10.3 Å². The molecule has 0 atom stereocenters. The fourth-order valence-corrected chi connectivity index (χ4v) is 2.99. The van der Waals surface area contributed by atoms with E-state index in [1.165, 1.54) is 12.8 Å². The van der Waals surface area contributed by atoms with Gasteiger partial charge in [0.25, 0.3) is 5.91 Å². The van der Waals surface area contributed by atoms with Gasteiger partial charge in [0.05, 0.1) is 17.6 Å². The molecule has 112 valence electrons. The minimum Gasteiger partial charge on any atom is -0.306 e. The van der Waals surface area contributed by atoms with E-state index in [0.717, 1.165) is 18.4 Å². The fourth-order valence-electron chi connectivity index (χ4n) is 2.99. The second-order valence-electron chi connectivity index (χ2n) is 5.33. The molecule has 2 aromatic rings. The van der Waals surface area contributed by atoms with Crippen LogP contribution >= 0.6 is 0 Å². The highest BCUT2D eigenvalue weighted by Gasteiger charge is 2.21. The fraction of sp³-hybridized carbons (Fsp3) is 0.467. The summed E-state index contributed by atoms with van der Waals surface area (Å²) in [6.07, 6.45) is 4.41. The van der Waals surface area contributed by atoms with E-state index < -0.39 is 0 Å². The summed E-state index contributed by atoms with van der Waals surface area (Å²) in [5.41, 5.74) is 4.27. The topological polar surface area (TPSA) is 76.1 Å². The zero-order chi connectivity index (χ0) is 14.8. The maximum atomic E-state index is 12.2. The first-order chi connectivity index (χ1) is 10.2. The van der Waals surface area contributed by atoms with Crippen molar-refractivity contribution in [3.05, 3.63) is 34.2 Å². The highest BCUT2D eigenvalue weighted by molar-refractivity contribution is 5.96. The lowest BCUT2D eigenvalue weighted by atomic mass is 10.1. The number of rotatable bonds is 4. The number of carbonyl (C=O) groups excluding carboxylic acids is 1. The molecule has 1 fully saturated rings. The number of hydroxylamine groups is 1. The van der Waals surface area contributed by atoms with Crippen LogP contribution in [-0.2, 0) is 4.84 Å². The molecular weight excluding hydrogens is 270 g/mol. The van der Waals surface area contributed by atoms with E-state index in [-0.39, 0.29) is 17.6 Å². The van der Waals surface area contributed by atoms with Gasteiger partial charge in [-0.2, -0.15) is 0 Å². The number of nitrogens with zero attached hydrogens (tertiary/aromatic N) is 1. The van der Waals surface area contributed by atoms with Gasteiger partial charge in [-0.3, -0.25) is 14.2 Å². The number of carbonyl (C=O) groups is 1. The molecular formula is C15H19N3O3. The number of benzene rings is 1. The molecule has 1 amide bonds. The predicted octanol–water partition coefficient (Wildman–Crippen LogP) is 2.13. The Bertz CT molecular complexity index is 711. The lowest BCUT2D eigenvalue weighted by Gasteiger charge is -2.11. The molecule has 21 heavy (non-hydrogen) atoms. The third-order valence-electron chi connectivity index (χ3n) is 3.98. The van der Waals surface area contributed by atoms with Gasteiger partial charge in [-0.05, 0) is 38.0 Å². The molecule has 1 saturated carbocycles. The van der Waals surface area contributed by atoms with Crippen LogP contribution in [0.5, 0.6) is 0 Å². The van der Waals surface area contributed by atoms with Crippen molar-refractivity contribution in [3.63, 3.8) is 0 Å². The molecule has 1 aromatic heterocycles. The van der Waals surface area contributed by atoms with Crippen molar-refractivity contribution in [1.82, 2.24) is 15.0 Å². The Balaban J connectivity index is 1.96. The molecule has 3 rings (SSSR count). The van der Waals surface area contributed by atoms with Crippen molar-refractivity contribution in [1.29, 1.82) is 0 Å². The van der Waals surface area contributed by atoms with E-state index >= 15 is 0 Å². The highest BCUT2D eigenvalue weighted by atomic mass is 16.6. The number of imidazole rings is 1. The second-order valence-corrected chi connectivity index (χ2v) is 5.33. The number of aromatic amines is 1. The Morgan fingerprint density at radius 2 is 2.19 bits per heavy atom. The number of H-pyrrole nitrogens is 1. The average molecular weight is 289 g/mol. The monoisotopic (exact) mass is 289 g/mol. The van der Waals surface area contributed by atoms with Crippen molar-refractivity contribution < 1.29 is 9.63 Å². The Hall–Kier alpha value is -2.08. The summed E-state index contributed by atoms with van der Waals surface area (Å²) in [4.78, 5) is 31.8. The van der Waals surface area contributed by atoms with Crippen LogP contribution in [0.25, 0.3) is 11.0 Å². The second kappa shape index (κ2) is 5.73. The number of aromatic nitrogens is 2. The van der Waals surface area contributed by atoms with Crippen molar-refractivity contribution in [2.75, 3.05) is 6.61 Å². The molecule has 6 nitrogen and oxygen atoms in total. The SMILES string of the molecule is CCONC(=O)c1ccc2c(c1)[nH]c(=O)n2C1CCCC1. The summed E-state index contributed by atoms with van der Waals surface area (Å²) in [5.74, 6) is -0.312. The van der Waals surface area contributed by atoms with Crippen LogP contribution in [0.1, 0.15) is 49.0 Å². The van der Waals surface area contributed by atoms with Crippen molar-refractivity contribution in [2.45, 2.75) is 38.6 Å². The maximum absolute atomic E-state index is 12.2. The Morgan fingerprint density at radius 3 is 2.90 bits per heavy atom. The van der Waals surface area contributed by atoms with Crippen molar-refractivity contribution in [3.8, 4) is 0 Å². The van der Waals surface area contributed by atoms with E-state index in [9.17, 15) is 9.59 Å². The molecule has 0 unspecified atom stereocenters. The van der Waals surface area contributed by atoms with Gasteiger partial charge in [0.15, 0.2) is 0 Å². The first-order valence-electron chi connectivity index (χ1n) is 7.37. The van der Waals surface area contributed by atoms with Gasteiger partial charge >= 0.3 is 5.69 Å². The van der Waals surface area contributed by atoms with Gasteiger partial charge in [0.2, 0.25) is 0 Å². The molecule has 1 aliphatic carbocycles. The van der Waals surface area contributed by atoms with Crippen molar-refractivity contribution >= 4 is 16.9 Å². The van der Waals surface area contributed by atoms with Gasteiger partial charge in [0.1, 0.15) is 0 Å².